The normalized spacial score (nSPS) is 17.3. The predicted octanol–water partition coefficient (Wildman–Crippen LogP) is 4.03. The largest absolute Gasteiger partial charge is 0.416 e. The topological polar surface area (TPSA) is 87.4 Å². The van der Waals surface area contributed by atoms with Crippen LogP contribution >= 0.6 is 0 Å². The number of halogens is 4. The number of carbonyl (C=O) groups excluding carboxylic acids is 1. The van der Waals surface area contributed by atoms with Crippen LogP contribution in [0.15, 0.2) is 18.5 Å². The highest BCUT2D eigenvalue weighted by molar-refractivity contribution is 5.75. The first kappa shape index (κ1) is 26.1. The van der Waals surface area contributed by atoms with Crippen LogP contribution in [0.3, 0.4) is 0 Å². The first-order valence-corrected chi connectivity index (χ1v) is 12.2. The summed E-state index contributed by atoms with van der Waals surface area (Å²) >= 11 is 0. The third kappa shape index (κ3) is 6.24. The fourth-order valence-corrected chi connectivity index (χ4v) is 5.05. The Hall–Kier alpha value is -2.95. The van der Waals surface area contributed by atoms with E-state index in [0.29, 0.717) is 18.0 Å². The molecule has 0 spiro atoms. The average Bonchev–Trinajstić information content (AvgIpc) is 3.61. The number of hydrogen-bond donors (Lipinski definition) is 2. The highest BCUT2D eigenvalue weighted by atomic mass is 19.4. The second kappa shape index (κ2) is 10.6. The number of primary amides is 1. The van der Waals surface area contributed by atoms with E-state index in [1.807, 2.05) is 9.80 Å². The van der Waals surface area contributed by atoms with Crippen molar-refractivity contribution in [2.75, 3.05) is 36.4 Å². The number of aryl methyl sites for hydroxylation is 2. The molecule has 4 rings (SSSR count). The van der Waals surface area contributed by atoms with E-state index in [4.69, 9.17) is 5.73 Å². The van der Waals surface area contributed by atoms with E-state index >= 15 is 4.39 Å². The summed E-state index contributed by atoms with van der Waals surface area (Å²) in [4.78, 5) is 23.2. The number of alkyl halides is 3. The van der Waals surface area contributed by atoms with Gasteiger partial charge in [0.2, 0.25) is 11.7 Å². The molecule has 36 heavy (non-hydrogen) atoms. The summed E-state index contributed by atoms with van der Waals surface area (Å²) in [7, 11) is 0. The first-order chi connectivity index (χ1) is 17.0. The second-order valence-electron chi connectivity index (χ2n) is 9.89. The van der Waals surface area contributed by atoms with Gasteiger partial charge in [-0.2, -0.15) is 17.6 Å². The van der Waals surface area contributed by atoms with Crippen molar-refractivity contribution in [2.24, 2.45) is 11.7 Å². The summed E-state index contributed by atoms with van der Waals surface area (Å²) < 4.78 is 55.6. The molecule has 1 saturated carbocycles. The number of nitrogens with two attached hydrogens (primary N) is 1. The highest BCUT2D eigenvalue weighted by Crippen LogP contribution is 2.37. The fraction of sp³-hybridized carbons (Fsp3) is 0.560. The van der Waals surface area contributed by atoms with Crippen LogP contribution < -0.4 is 16.0 Å². The van der Waals surface area contributed by atoms with Crippen molar-refractivity contribution in [2.45, 2.75) is 58.3 Å². The Morgan fingerprint density at radius 1 is 1.14 bits per heavy atom. The number of nitrogens with one attached hydrogen (secondary N) is 1. The lowest BCUT2D eigenvalue weighted by molar-refractivity contribution is -0.138. The molecule has 1 amide bonds. The number of nitrogens with zero attached hydrogens (tertiary/aromatic N) is 4. The van der Waals surface area contributed by atoms with Gasteiger partial charge in [-0.15, -0.1) is 0 Å². The summed E-state index contributed by atoms with van der Waals surface area (Å²) in [5.41, 5.74) is 5.63. The zero-order valence-electron chi connectivity index (χ0n) is 20.5. The Labute approximate surface area is 208 Å². The van der Waals surface area contributed by atoms with Crippen LogP contribution in [0.2, 0.25) is 0 Å². The molecule has 1 saturated heterocycles. The lowest BCUT2D eigenvalue weighted by Crippen LogP contribution is -2.40. The summed E-state index contributed by atoms with van der Waals surface area (Å²) in [6.07, 6.45) is 0.361. The number of hydrogen-bond acceptors (Lipinski definition) is 6. The van der Waals surface area contributed by atoms with Gasteiger partial charge in [-0.3, -0.25) is 9.69 Å². The van der Waals surface area contributed by atoms with Gasteiger partial charge in [0.05, 0.1) is 12.1 Å². The van der Waals surface area contributed by atoms with Crippen LogP contribution in [0.4, 0.5) is 29.2 Å². The molecule has 2 aliphatic rings. The molecular weight excluding hydrogens is 476 g/mol. The number of piperidine rings is 1. The zero-order chi connectivity index (χ0) is 26.0. The van der Waals surface area contributed by atoms with Gasteiger partial charge in [-0.25, -0.2) is 9.97 Å². The Bertz CT molecular complexity index is 1070. The number of carbonyl (C=O) groups is 1. The molecule has 1 aliphatic carbocycles. The molecule has 0 unspecified atom stereocenters. The SMILES string of the molecule is Cc1cc(CN(c2ncnc(NCC3CCN(CC(N)=O)CC3)c2F)C2CC2)cc(C)c1C(F)(F)F. The molecule has 1 aromatic heterocycles. The zero-order valence-corrected chi connectivity index (χ0v) is 20.5. The first-order valence-electron chi connectivity index (χ1n) is 12.2. The quantitative estimate of drug-likeness (QED) is 0.498. The van der Waals surface area contributed by atoms with Crippen molar-refractivity contribution in [1.29, 1.82) is 0 Å². The summed E-state index contributed by atoms with van der Waals surface area (Å²) in [5, 5.41) is 3.11. The van der Waals surface area contributed by atoms with Crippen molar-refractivity contribution < 1.29 is 22.4 Å². The van der Waals surface area contributed by atoms with Crippen LogP contribution in [0, 0.1) is 25.6 Å². The van der Waals surface area contributed by atoms with E-state index < -0.39 is 17.6 Å². The molecule has 1 aromatic carbocycles. The van der Waals surface area contributed by atoms with E-state index in [1.54, 1.807) is 0 Å². The maximum Gasteiger partial charge on any atom is 0.416 e. The molecule has 11 heteroatoms. The van der Waals surface area contributed by atoms with Gasteiger partial charge in [0.25, 0.3) is 0 Å². The van der Waals surface area contributed by atoms with Crippen LogP contribution in [0.1, 0.15) is 47.9 Å². The Morgan fingerprint density at radius 3 is 2.33 bits per heavy atom. The van der Waals surface area contributed by atoms with E-state index in [0.717, 1.165) is 38.8 Å². The molecule has 7 nitrogen and oxygen atoms in total. The van der Waals surface area contributed by atoms with E-state index in [2.05, 4.69) is 15.3 Å². The molecule has 196 valence electrons. The van der Waals surface area contributed by atoms with E-state index in [1.165, 1.54) is 32.3 Å². The minimum Gasteiger partial charge on any atom is -0.369 e. The van der Waals surface area contributed by atoms with Gasteiger partial charge in [0.15, 0.2) is 11.6 Å². The third-order valence-corrected chi connectivity index (χ3v) is 6.90. The van der Waals surface area contributed by atoms with Gasteiger partial charge < -0.3 is 16.0 Å². The number of aromatic nitrogens is 2. The van der Waals surface area contributed by atoms with E-state index in [-0.39, 0.29) is 47.8 Å². The van der Waals surface area contributed by atoms with Crippen LogP contribution in [0.25, 0.3) is 0 Å². The average molecular weight is 509 g/mol. The molecule has 0 radical (unpaired) electrons. The van der Waals surface area contributed by atoms with Gasteiger partial charge >= 0.3 is 6.18 Å². The minimum absolute atomic E-state index is 0.0831. The Morgan fingerprint density at radius 2 is 1.78 bits per heavy atom. The monoisotopic (exact) mass is 508 g/mol. The molecule has 2 heterocycles. The van der Waals surface area contributed by atoms with Crippen LogP contribution in [-0.4, -0.2) is 53.0 Å². The van der Waals surface area contributed by atoms with Crippen molar-refractivity contribution in [3.63, 3.8) is 0 Å². The molecule has 3 N–H and O–H groups in total. The predicted molar refractivity (Wildman–Crippen MR) is 129 cm³/mol. The summed E-state index contributed by atoms with van der Waals surface area (Å²) in [5.74, 6) is -0.323. The van der Waals surface area contributed by atoms with Gasteiger partial charge in [0.1, 0.15) is 6.33 Å². The summed E-state index contributed by atoms with van der Waals surface area (Å²) in [6.45, 7) is 5.47. The standard InChI is InChI=1S/C25H32F4N6O/c1-15-9-18(10-16(2)21(15)25(27,28)29)12-35(19-3-4-19)24-22(26)23(32-14-33-24)31-11-17-5-7-34(8-6-17)13-20(30)36/h9-10,14,17,19H,3-8,11-13H2,1-2H3,(H2,30,36)(H,31,32,33). The number of amides is 1. The number of rotatable bonds is 9. The van der Waals surface area contributed by atoms with Crippen molar-refractivity contribution in [3.05, 3.63) is 46.5 Å². The minimum atomic E-state index is -4.42. The van der Waals surface area contributed by atoms with Gasteiger partial charge in [-0.1, -0.05) is 12.1 Å². The Balaban J connectivity index is 1.45. The lowest BCUT2D eigenvalue weighted by Gasteiger charge is -2.31. The number of benzene rings is 1. The molecule has 0 atom stereocenters. The smallest absolute Gasteiger partial charge is 0.369 e. The van der Waals surface area contributed by atoms with Crippen molar-refractivity contribution in [3.8, 4) is 0 Å². The summed E-state index contributed by atoms with van der Waals surface area (Å²) in [6, 6.07) is 3.13. The van der Waals surface area contributed by atoms with Gasteiger partial charge in [-0.05, 0) is 75.2 Å². The van der Waals surface area contributed by atoms with Crippen LogP contribution in [-0.2, 0) is 17.5 Å². The maximum absolute atomic E-state index is 15.5. The molecule has 2 aromatic rings. The maximum atomic E-state index is 15.5. The number of likely N-dealkylation sites (tertiary alicyclic amines) is 1. The number of anilines is 2. The highest BCUT2D eigenvalue weighted by Gasteiger charge is 2.36. The molecule has 2 fully saturated rings. The fourth-order valence-electron chi connectivity index (χ4n) is 5.05. The molecule has 0 bridgehead atoms. The lowest BCUT2D eigenvalue weighted by atomic mass is 9.97. The molecular formula is C25H32F4N6O. The van der Waals surface area contributed by atoms with E-state index in [9.17, 15) is 18.0 Å². The van der Waals surface area contributed by atoms with Crippen molar-refractivity contribution in [1.82, 2.24) is 14.9 Å². The van der Waals surface area contributed by atoms with Crippen molar-refractivity contribution >= 4 is 17.5 Å². The third-order valence-electron chi connectivity index (χ3n) is 6.90. The molecule has 1 aliphatic heterocycles. The van der Waals surface area contributed by atoms with Crippen LogP contribution in [0.5, 0.6) is 0 Å². The second-order valence-corrected chi connectivity index (χ2v) is 9.89. The van der Waals surface area contributed by atoms with Gasteiger partial charge in [0, 0.05) is 19.1 Å². The Kier molecular flexibility index (Phi) is 7.67.